The van der Waals surface area contributed by atoms with Crippen LogP contribution in [0.25, 0.3) is 5.65 Å². The van der Waals surface area contributed by atoms with Crippen molar-refractivity contribution in [2.24, 2.45) is 0 Å². The minimum absolute atomic E-state index is 0.411. The highest BCUT2D eigenvalue weighted by atomic mass is 35.5. The Balaban J connectivity index is 2.29. The number of aromatic nitrogens is 3. The fourth-order valence-electron chi connectivity index (χ4n) is 1.95. The van der Waals surface area contributed by atoms with Gasteiger partial charge in [-0.25, -0.2) is 4.98 Å². The number of nitrogens with zero attached hydrogens (tertiary/aromatic N) is 3. The highest BCUT2D eigenvalue weighted by molar-refractivity contribution is 6.30. The summed E-state index contributed by atoms with van der Waals surface area (Å²) in [5.41, 5.74) is 2.53. The van der Waals surface area contributed by atoms with Crippen molar-refractivity contribution in [1.82, 2.24) is 14.6 Å². The van der Waals surface area contributed by atoms with E-state index in [2.05, 4.69) is 15.4 Å². The van der Waals surface area contributed by atoms with Gasteiger partial charge in [-0.3, -0.25) is 4.79 Å². The third-order valence-electron chi connectivity index (χ3n) is 3.20. The van der Waals surface area contributed by atoms with Crippen molar-refractivity contribution in [2.75, 3.05) is 5.32 Å². The van der Waals surface area contributed by atoms with E-state index in [9.17, 15) is 4.79 Å². The molecule has 2 heterocycles. The molecule has 0 bridgehead atoms. The molecule has 1 N–H and O–H groups in total. The van der Waals surface area contributed by atoms with Gasteiger partial charge in [0.15, 0.2) is 11.9 Å². The van der Waals surface area contributed by atoms with E-state index in [1.165, 1.54) is 0 Å². The molecule has 0 aliphatic heterocycles. The Morgan fingerprint density at radius 2 is 2.17 bits per heavy atom. The SMILES string of the molecule is Cc1nn2c(NC3CC3)c(C)c(Cl)nc2c1C=O. The van der Waals surface area contributed by atoms with E-state index in [1.807, 2.05) is 6.92 Å². The van der Waals surface area contributed by atoms with E-state index >= 15 is 0 Å². The maximum atomic E-state index is 11.1. The topological polar surface area (TPSA) is 59.3 Å². The van der Waals surface area contributed by atoms with Crippen LogP contribution in [0.15, 0.2) is 0 Å². The molecule has 1 fully saturated rings. The molecule has 2 aromatic heterocycles. The Morgan fingerprint density at radius 1 is 1.44 bits per heavy atom. The second kappa shape index (κ2) is 3.95. The van der Waals surface area contributed by atoms with E-state index < -0.39 is 0 Å². The van der Waals surface area contributed by atoms with Crippen molar-refractivity contribution in [2.45, 2.75) is 32.7 Å². The summed E-state index contributed by atoms with van der Waals surface area (Å²) in [6.07, 6.45) is 3.08. The van der Waals surface area contributed by atoms with Crippen LogP contribution in [0.3, 0.4) is 0 Å². The van der Waals surface area contributed by atoms with Gasteiger partial charge >= 0.3 is 0 Å². The zero-order valence-corrected chi connectivity index (χ0v) is 11.0. The molecule has 18 heavy (non-hydrogen) atoms. The minimum atomic E-state index is 0.411. The zero-order valence-electron chi connectivity index (χ0n) is 10.2. The first-order chi connectivity index (χ1) is 8.61. The lowest BCUT2D eigenvalue weighted by atomic mass is 10.2. The number of fused-ring (bicyclic) bond motifs is 1. The number of aldehydes is 1. The summed E-state index contributed by atoms with van der Waals surface area (Å²) >= 11 is 6.13. The number of carbonyl (C=O) groups is 1. The quantitative estimate of drug-likeness (QED) is 0.683. The van der Waals surface area contributed by atoms with Gasteiger partial charge in [-0.15, -0.1) is 0 Å². The summed E-state index contributed by atoms with van der Waals surface area (Å²) in [4.78, 5) is 15.3. The number of anilines is 1. The van der Waals surface area contributed by atoms with Crippen LogP contribution in [0, 0.1) is 13.8 Å². The van der Waals surface area contributed by atoms with Crippen molar-refractivity contribution >= 4 is 29.4 Å². The Labute approximate surface area is 109 Å². The summed E-state index contributed by atoms with van der Waals surface area (Å²) in [7, 11) is 0. The van der Waals surface area contributed by atoms with E-state index in [0.29, 0.717) is 28.1 Å². The maximum absolute atomic E-state index is 11.1. The molecule has 3 rings (SSSR count). The normalized spacial score (nSPS) is 15.1. The molecule has 0 spiro atoms. The number of halogens is 1. The average Bonchev–Trinajstić information content (AvgIpc) is 3.09. The number of hydrogen-bond donors (Lipinski definition) is 1. The van der Waals surface area contributed by atoms with Crippen LogP contribution in [-0.2, 0) is 0 Å². The van der Waals surface area contributed by atoms with Gasteiger partial charge in [-0.05, 0) is 26.7 Å². The van der Waals surface area contributed by atoms with Gasteiger partial charge in [0.1, 0.15) is 11.0 Å². The molecule has 0 unspecified atom stereocenters. The molecule has 0 aromatic carbocycles. The third kappa shape index (κ3) is 1.66. The summed E-state index contributed by atoms with van der Waals surface area (Å²) in [6.45, 7) is 3.69. The first-order valence-corrected chi connectivity index (χ1v) is 6.26. The number of aryl methyl sites for hydroxylation is 1. The fraction of sp³-hybridized carbons (Fsp3) is 0.417. The standard InChI is InChI=1S/C12H13ClN4O/c1-6-10(13)15-12-9(5-18)7(2)16-17(12)11(6)14-8-3-4-8/h5,8,14H,3-4H2,1-2H3. The molecule has 1 saturated carbocycles. The van der Waals surface area contributed by atoms with Crippen LogP contribution in [0.5, 0.6) is 0 Å². The van der Waals surface area contributed by atoms with Crippen LogP contribution >= 0.6 is 11.6 Å². The van der Waals surface area contributed by atoms with Gasteiger partial charge in [-0.1, -0.05) is 11.6 Å². The second-order valence-corrected chi connectivity index (χ2v) is 5.01. The van der Waals surface area contributed by atoms with Gasteiger partial charge in [0.05, 0.1) is 11.3 Å². The minimum Gasteiger partial charge on any atom is -0.367 e. The highest BCUT2D eigenvalue weighted by Gasteiger charge is 2.25. The van der Waals surface area contributed by atoms with Crippen LogP contribution in [0.1, 0.15) is 34.5 Å². The highest BCUT2D eigenvalue weighted by Crippen LogP contribution is 2.30. The lowest BCUT2D eigenvalue weighted by Crippen LogP contribution is -2.10. The monoisotopic (exact) mass is 264 g/mol. The van der Waals surface area contributed by atoms with Crippen LogP contribution in [-0.4, -0.2) is 26.9 Å². The van der Waals surface area contributed by atoms with Gasteiger partial charge in [0.25, 0.3) is 0 Å². The van der Waals surface area contributed by atoms with Gasteiger partial charge in [0.2, 0.25) is 0 Å². The van der Waals surface area contributed by atoms with E-state index in [4.69, 9.17) is 11.6 Å². The number of hydrogen-bond acceptors (Lipinski definition) is 4. The van der Waals surface area contributed by atoms with E-state index in [-0.39, 0.29) is 0 Å². The summed E-state index contributed by atoms with van der Waals surface area (Å²) in [5, 5.41) is 8.17. The predicted molar refractivity (Wildman–Crippen MR) is 69.5 cm³/mol. The Hall–Kier alpha value is -1.62. The molecule has 1 aliphatic carbocycles. The van der Waals surface area contributed by atoms with Crippen molar-refractivity contribution < 1.29 is 4.79 Å². The summed E-state index contributed by atoms with van der Waals surface area (Å²) in [6, 6.07) is 0.481. The fourth-order valence-corrected chi connectivity index (χ4v) is 2.12. The van der Waals surface area contributed by atoms with Gasteiger partial charge in [0, 0.05) is 11.6 Å². The molecule has 0 atom stereocenters. The lowest BCUT2D eigenvalue weighted by molar-refractivity contribution is 0.112. The lowest BCUT2D eigenvalue weighted by Gasteiger charge is -2.11. The van der Waals surface area contributed by atoms with Gasteiger partial charge in [-0.2, -0.15) is 9.61 Å². The average molecular weight is 265 g/mol. The molecule has 94 valence electrons. The molecular weight excluding hydrogens is 252 g/mol. The predicted octanol–water partition coefficient (Wildman–Crippen LogP) is 2.39. The second-order valence-electron chi connectivity index (χ2n) is 4.65. The van der Waals surface area contributed by atoms with Crippen molar-refractivity contribution in [3.8, 4) is 0 Å². The van der Waals surface area contributed by atoms with Crippen LogP contribution in [0.4, 0.5) is 5.82 Å². The maximum Gasteiger partial charge on any atom is 0.169 e. The van der Waals surface area contributed by atoms with E-state index in [0.717, 1.165) is 30.5 Å². The van der Waals surface area contributed by atoms with Crippen LogP contribution < -0.4 is 5.32 Å². The molecule has 2 aromatic rings. The number of nitrogens with one attached hydrogen (secondary N) is 1. The summed E-state index contributed by atoms with van der Waals surface area (Å²) in [5.74, 6) is 0.837. The molecule has 5 nitrogen and oxygen atoms in total. The summed E-state index contributed by atoms with van der Waals surface area (Å²) < 4.78 is 1.68. The smallest absolute Gasteiger partial charge is 0.169 e. The van der Waals surface area contributed by atoms with Crippen LogP contribution in [0.2, 0.25) is 5.15 Å². The molecule has 6 heteroatoms. The largest absolute Gasteiger partial charge is 0.367 e. The number of rotatable bonds is 3. The third-order valence-corrected chi connectivity index (χ3v) is 3.57. The molecule has 1 aliphatic rings. The molecular formula is C12H13ClN4O. The van der Waals surface area contributed by atoms with Crippen molar-refractivity contribution in [3.05, 3.63) is 22.0 Å². The van der Waals surface area contributed by atoms with Gasteiger partial charge < -0.3 is 5.32 Å². The van der Waals surface area contributed by atoms with Crippen molar-refractivity contribution in [1.29, 1.82) is 0 Å². The Morgan fingerprint density at radius 3 is 2.78 bits per heavy atom. The van der Waals surface area contributed by atoms with Crippen molar-refractivity contribution in [3.63, 3.8) is 0 Å². The molecule has 0 saturated heterocycles. The Kier molecular flexibility index (Phi) is 2.52. The number of carbonyl (C=O) groups excluding carboxylic acids is 1. The molecule has 0 amide bonds. The first kappa shape index (κ1) is 11.5. The Bertz CT molecular complexity index is 645. The zero-order chi connectivity index (χ0) is 12.9. The van der Waals surface area contributed by atoms with E-state index in [1.54, 1.807) is 11.4 Å². The first-order valence-electron chi connectivity index (χ1n) is 5.89. The molecule has 0 radical (unpaired) electrons.